The first-order valence-corrected chi connectivity index (χ1v) is 36.1. The van der Waals surface area contributed by atoms with Crippen molar-refractivity contribution in [2.24, 2.45) is 0 Å². The van der Waals surface area contributed by atoms with Crippen molar-refractivity contribution < 1.29 is 8.22 Å². The van der Waals surface area contributed by atoms with Crippen LogP contribution in [0.1, 0.15) is 121 Å². The van der Waals surface area contributed by atoms with Gasteiger partial charge in [0, 0.05) is 78.0 Å². The summed E-state index contributed by atoms with van der Waals surface area (Å²) < 4.78 is 75.1. The van der Waals surface area contributed by atoms with Crippen LogP contribution in [-0.2, 0) is 22.7 Å². The Morgan fingerprint density at radius 2 is 0.772 bits per heavy atom. The van der Waals surface area contributed by atoms with Gasteiger partial charge in [-0.15, -0.1) is 11.3 Å². The highest BCUT2D eigenvalue weighted by Crippen LogP contribution is 2.65. The van der Waals surface area contributed by atoms with Gasteiger partial charge in [0.2, 0.25) is 0 Å². The van der Waals surface area contributed by atoms with Crippen LogP contribution in [0.25, 0.3) is 109 Å². The van der Waals surface area contributed by atoms with Gasteiger partial charge in [-0.1, -0.05) is 275 Å². The Balaban J connectivity index is 1.06. The van der Waals surface area contributed by atoms with Crippen LogP contribution in [-0.4, -0.2) is 9.13 Å². The van der Waals surface area contributed by atoms with Crippen molar-refractivity contribution >= 4 is 87.6 Å². The first-order valence-electron chi connectivity index (χ1n) is 38.3. The molecule has 16 aromatic rings. The molecule has 0 saturated heterocycles. The normalized spacial score (nSPS) is 14.8. The summed E-state index contributed by atoms with van der Waals surface area (Å²) in [5.41, 5.74) is 21.7. The molecule has 0 radical (unpaired) electrons. The monoisotopic (exact) mass is 1320 g/mol. The number of hydrogen-bond acceptors (Lipinski definition) is 3. The van der Waals surface area contributed by atoms with Crippen LogP contribution in [0.3, 0.4) is 0 Å². The molecule has 1 atom stereocenters. The highest BCUT2D eigenvalue weighted by Gasteiger charge is 2.45. The van der Waals surface area contributed by atoms with Crippen LogP contribution in [0.2, 0.25) is 0 Å². The molecule has 5 heterocycles. The van der Waals surface area contributed by atoms with E-state index in [0.29, 0.717) is 28.9 Å². The molecule has 4 nitrogen and oxygen atoms in total. The van der Waals surface area contributed by atoms with Crippen LogP contribution in [0.4, 0.5) is 34.1 Å². The number of thiophene rings is 1. The molecule has 3 aliphatic rings. The summed E-state index contributed by atoms with van der Waals surface area (Å²) in [6, 6.07) is 89.1. The molecule has 0 spiro atoms. The highest BCUT2D eigenvalue weighted by molar-refractivity contribution is 7.26. The fraction of sp³-hybridized carbons (Fsp3) is 0.146. The number of nitrogens with zero attached hydrogens (tertiary/aromatic N) is 4. The Kier molecular flexibility index (Phi) is 12.2. The van der Waals surface area contributed by atoms with Gasteiger partial charge in [0.15, 0.2) is 0 Å². The molecule has 2 aliphatic heterocycles. The van der Waals surface area contributed by atoms with E-state index < -0.39 is 11.3 Å². The van der Waals surface area contributed by atoms with Crippen LogP contribution >= 0.6 is 11.3 Å². The third-order valence-corrected chi connectivity index (χ3v) is 22.6. The van der Waals surface area contributed by atoms with E-state index in [-0.39, 0.29) is 58.5 Å². The predicted octanol–water partition coefficient (Wildman–Crippen LogP) is 26.8. The van der Waals surface area contributed by atoms with E-state index in [1.54, 1.807) is 11.3 Å². The van der Waals surface area contributed by atoms with Crippen molar-refractivity contribution in [2.45, 2.75) is 90.9 Å². The van der Waals surface area contributed by atoms with Crippen LogP contribution in [0, 0.1) is 0 Å². The zero-order valence-electron chi connectivity index (χ0n) is 64.2. The SMILES string of the molecule is [2H]c1c([2H])c(-n2c3c(c4ccccc42)Cc2ccccc2-3)c([2H])c2c1C1c3c(cc(C(C)(C)C)cc3N(c3c(-c4ccccc4)cc(C(C)(C)C)cc3-c3ccccc3)c3c([2H])c(-n4c5ccccc5c5sc6ccccc6c54)c([2H])c([2H])c31)N2c1c(-c2ccccc2)cc(C(C)(C)C)cc1-c1ccccc1. The van der Waals surface area contributed by atoms with Gasteiger partial charge >= 0.3 is 0 Å². The van der Waals surface area contributed by atoms with E-state index in [4.69, 9.17) is 0 Å². The number of anilines is 6. The van der Waals surface area contributed by atoms with E-state index in [2.05, 4.69) is 312 Å². The number of para-hydroxylation sites is 2. The minimum atomic E-state index is -1.12. The Hall–Kier alpha value is -11.2. The van der Waals surface area contributed by atoms with Gasteiger partial charge in [0.05, 0.1) is 69.3 Å². The maximum atomic E-state index is 11.8. The van der Waals surface area contributed by atoms with Crippen molar-refractivity contribution in [3.8, 4) is 67.1 Å². The predicted molar refractivity (Wildman–Crippen MR) is 429 cm³/mol. The molecule has 0 bridgehead atoms. The third kappa shape index (κ3) is 9.53. The molecule has 13 aromatic carbocycles. The second-order valence-corrected chi connectivity index (χ2v) is 31.8. The van der Waals surface area contributed by atoms with Crippen molar-refractivity contribution in [1.29, 1.82) is 0 Å². The molecule has 19 rings (SSSR count). The summed E-state index contributed by atoms with van der Waals surface area (Å²) in [5, 5.41) is 2.98. The molecule has 1 unspecified atom stereocenters. The van der Waals surface area contributed by atoms with E-state index in [1.807, 2.05) is 24.3 Å². The van der Waals surface area contributed by atoms with E-state index in [1.165, 1.54) is 0 Å². The minimum Gasteiger partial charge on any atom is -0.309 e. The lowest BCUT2D eigenvalue weighted by Crippen LogP contribution is -2.31. The Labute approximate surface area is 604 Å². The molecular formula is C96H78N4S. The molecule has 101 heavy (non-hydrogen) atoms. The highest BCUT2D eigenvalue weighted by atomic mass is 32.1. The molecule has 0 N–H and O–H groups in total. The zero-order valence-corrected chi connectivity index (χ0v) is 59.0. The molecule has 0 amide bonds. The topological polar surface area (TPSA) is 16.3 Å². The average Bonchev–Trinajstić information content (AvgIpc) is 0.739. The van der Waals surface area contributed by atoms with Gasteiger partial charge in [0.25, 0.3) is 0 Å². The summed E-state index contributed by atoms with van der Waals surface area (Å²) >= 11 is 1.69. The van der Waals surface area contributed by atoms with E-state index in [9.17, 15) is 8.22 Å². The van der Waals surface area contributed by atoms with E-state index in [0.717, 1.165) is 154 Å². The number of rotatable bonds is 8. The van der Waals surface area contributed by atoms with Gasteiger partial charge in [-0.05, 0) is 156 Å². The van der Waals surface area contributed by atoms with Crippen LogP contribution in [0.15, 0.2) is 291 Å². The molecule has 488 valence electrons. The lowest BCUT2D eigenvalue weighted by molar-refractivity contribution is 0.589. The number of aromatic nitrogens is 2. The molecule has 5 heteroatoms. The average molecular weight is 1330 g/mol. The van der Waals surface area contributed by atoms with Crippen molar-refractivity contribution in [3.05, 3.63) is 336 Å². The smallest absolute Gasteiger partial charge is 0.0727 e. The van der Waals surface area contributed by atoms with Crippen molar-refractivity contribution in [1.82, 2.24) is 9.13 Å². The molecule has 0 saturated carbocycles. The largest absolute Gasteiger partial charge is 0.309 e. The van der Waals surface area contributed by atoms with Crippen molar-refractivity contribution in [3.63, 3.8) is 0 Å². The maximum absolute atomic E-state index is 11.8. The zero-order chi connectivity index (χ0) is 73.6. The Morgan fingerprint density at radius 3 is 1.26 bits per heavy atom. The standard InChI is InChI=1S/C96H78N4S/c1-94(2,3)64-51-75(59-30-14-10-15-31-59)90(76(52-64)60-32-16-11-17-33-60)99-82-57-67(97-80-43-27-24-40-70(80)79-50-63-38-22-23-39-69(63)89(79)97)46-48-71(82)87-72-49-47-68(98-81-44-28-25-41-73(81)93-92(98)74-42-26-29-45-86(74)101-93)58-83(72)100(85-56-66(96(7,8)9)55-84(99)88(85)87)91-77(61-34-18-12-19-35-61)53-65(95(4,5)6)54-78(91)62-36-20-13-21-37-62/h10-49,51-58,87H,50H2,1-9H3/i46D,47D,48D,49D,57D,58D. The first-order chi connectivity index (χ1) is 51.6. The Morgan fingerprint density at radius 1 is 0.376 bits per heavy atom. The van der Waals surface area contributed by atoms with Gasteiger partial charge in [-0.3, -0.25) is 0 Å². The van der Waals surface area contributed by atoms with Crippen LogP contribution < -0.4 is 9.80 Å². The second-order valence-electron chi connectivity index (χ2n) is 30.7. The number of fused-ring (bicyclic) bond motifs is 14. The fourth-order valence-electron chi connectivity index (χ4n) is 16.4. The van der Waals surface area contributed by atoms with Gasteiger partial charge < -0.3 is 18.9 Å². The maximum Gasteiger partial charge on any atom is 0.0727 e. The molecular weight excluding hydrogens is 1240 g/mol. The van der Waals surface area contributed by atoms with Crippen LogP contribution in [0.5, 0.6) is 0 Å². The summed E-state index contributed by atoms with van der Waals surface area (Å²) in [7, 11) is 0. The molecule has 0 fully saturated rings. The number of hydrogen-bond donors (Lipinski definition) is 0. The molecule has 3 aromatic heterocycles. The fourth-order valence-corrected chi connectivity index (χ4v) is 17.6. The third-order valence-electron chi connectivity index (χ3n) is 21.4. The summed E-state index contributed by atoms with van der Waals surface area (Å²) in [6.45, 7) is 20.3. The lowest BCUT2D eigenvalue weighted by Gasteiger charge is -2.47. The minimum absolute atomic E-state index is 0.0260. The second kappa shape index (κ2) is 22.6. The summed E-state index contributed by atoms with van der Waals surface area (Å²) in [6.07, 6.45) is 0.662. The first kappa shape index (κ1) is 54.6. The van der Waals surface area contributed by atoms with E-state index >= 15 is 0 Å². The quantitative estimate of drug-likeness (QED) is 0.151. The lowest BCUT2D eigenvalue weighted by atomic mass is 9.73. The summed E-state index contributed by atoms with van der Waals surface area (Å²) in [5.74, 6) is -1.12. The van der Waals surface area contributed by atoms with Gasteiger partial charge in [0.1, 0.15) is 0 Å². The Bertz CT molecular complexity index is 6300. The van der Waals surface area contributed by atoms with Crippen molar-refractivity contribution in [2.75, 3.05) is 9.80 Å². The van der Waals surface area contributed by atoms with Gasteiger partial charge in [-0.2, -0.15) is 0 Å². The number of benzene rings is 13. The van der Waals surface area contributed by atoms with Gasteiger partial charge in [-0.25, -0.2) is 0 Å². The molecule has 1 aliphatic carbocycles. The summed E-state index contributed by atoms with van der Waals surface area (Å²) in [4.78, 5) is 4.60.